The molecule has 1 aromatic rings. The lowest BCUT2D eigenvalue weighted by atomic mass is 9.95. The zero-order chi connectivity index (χ0) is 16.1. The number of nitrogens with one attached hydrogen (secondary N) is 2. The molecule has 0 heterocycles. The minimum atomic E-state index is -1.08. The number of hydrogen-bond donors (Lipinski definition) is 2. The van der Waals surface area contributed by atoms with Crippen LogP contribution < -0.4 is 10.6 Å². The SMILES string of the molecule is CC[S@](=O)[C@H]1CCC[C@@H](NC(=O)Nc2cccc(F)c2F)C1. The molecular weight excluding hydrogens is 310 g/mol. The van der Waals surface area contributed by atoms with Crippen LogP contribution in [0.25, 0.3) is 0 Å². The van der Waals surface area contributed by atoms with Crippen molar-refractivity contribution in [2.75, 3.05) is 11.1 Å². The first-order chi connectivity index (χ1) is 10.5. The maximum Gasteiger partial charge on any atom is 0.319 e. The highest BCUT2D eigenvalue weighted by Gasteiger charge is 2.26. The second-order valence-corrected chi connectivity index (χ2v) is 7.36. The highest BCUT2D eigenvalue weighted by molar-refractivity contribution is 7.85. The molecular formula is C15H20F2N2O2S. The first-order valence-electron chi connectivity index (χ1n) is 7.40. The molecule has 1 saturated carbocycles. The van der Waals surface area contributed by atoms with Crippen molar-refractivity contribution in [2.45, 2.75) is 43.9 Å². The second-order valence-electron chi connectivity index (χ2n) is 5.35. The van der Waals surface area contributed by atoms with E-state index in [9.17, 15) is 17.8 Å². The Hall–Kier alpha value is -1.50. The minimum Gasteiger partial charge on any atom is -0.335 e. The van der Waals surface area contributed by atoms with Crippen molar-refractivity contribution in [1.82, 2.24) is 5.32 Å². The van der Waals surface area contributed by atoms with Gasteiger partial charge in [-0.3, -0.25) is 4.21 Å². The number of carbonyl (C=O) groups excluding carboxylic acids is 1. The highest BCUT2D eigenvalue weighted by Crippen LogP contribution is 2.23. The number of urea groups is 1. The first-order valence-corrected chi connectivity index (χ1v) is 8.78. The van der Waals surface area contributed by atoms with Crippen molar-refractivity contribution in [1.29, 1.82) is 0 Å². The van der Waals surface area contributed by atoms with Crippen LogP contribution in [0.5, 0.6) is 0 Å². The van der Waals surface area contributed by atoms with Crippen molar-refractivity contribution in [2.24, 2.45) is 0 Å². The van der Waals surface area contributed by atoms with Crippen LogP contribution in [0, 0.1) is 11.6 Å². The standard InChI is InChI=1S/C15H20F2N2O2S/c1-2-22(21)11-6-3-5-10(9-11)18-15(20)19-13-8-4-7-12(16)14(13)17/h4,7-8,10-11H,2-3,5-6,9H2,1H3,(H2,18,19,20)/t10-,11+,22+/m1/s1. The van der Waals surface area contributed by atoms with Crippen molar-refractivity contribution in [3.63, 3.8) is 0 Å². The summed E-state index contributed by atoms with van der Waals surface area (Å²) in [7, 11) is -0.875. The van der Waals surface area contributed by atoms with E-state index in [0.29, 0.717) is 12.2 Å². The average Bonchev–Trinajstić information content (AvgIpc) is 2.51. The van der Waals surface area contributed by atoms with Crippen LogP contribution in [-0.2, 0) is 10.8 Å². The summed E-state index contributed by atoms with van der Waals surface area (Å²) in [5, 5.41) is 5.16. The van der Waals surface area contributed by atoms with Crippen molar-refractivity contribution >= 4 is 22.5 Å². The van der Waals surface area contributed by atoms with Gasteiger partial charge >= 0.3 is 6.03 Å². The number of rotatable bonds is 4. The molecule has 0 saturated heterocycles. The second kappa shape index (κ2) is 7.67. The molecule has 0 aromatic heterocycles. The Bertz CT molecular complexity index is 568. The maximum absolute atomic E-state index is 13.5. The quantitative estimate of drug-likeness (QED) is 0.891. The number of benzene rings is 1. The third-order valence-electron chi connectivity index (χ3n) is 3.82. The van der Waals surface area contributed by atoms with Gasteiger partial charge in [0, 0.05) is 27.8 Å². The monoisotopic (exact) mass is 330 g/mol. The van der Waals surface area contributed by atoms with Gasteiger partial charge in [-0.2, -0.15) is 0 Å². The molecule has 1 aliphatic carbocycles. The fraction of sp³-hybridized carbons (Fsp3) is 0.533. The Morgan fingerprint density at radius 1 is 1.36 bits per heavy atom. The largest absolute Gasteiger partial charge is 0.335 e. The average molecular weight is 330 g/mol. The van der Waals surface area contributed by atoms with Crippen LogP contribution in [0.4, 0.5) is 19.3 Å². The third kappa shape index (κ3) is 4.25. The van der Waals surface area contributed by atoms with Crippen LogP contribution in [0.1, 0.15) is 32.6 Å². The molecule has 0 aliphatic heterocycles. The zero-order valence-electron chi connectivity index (χ0n) is 12.4. The third-order valence-corrected chi connectivity index (χ3v) is 5.56. The summed E-state index contributed by atoms with van der Waals surface area (Å²) in [6.45, 7) is 1.88. The Kier molecular flexibility index (Phi) is 5.88. The molecule has 1 aromatic carbocycles. The molecule has 2 amide bonds. The van der Waals surface area contributed by atoms with E-state index in [1.807, 2.05) is 6.92 Å². The molecule has 22 heavy (non-hydrogen) atoms. The number of amides is 2. The van der Waals surface area contributed by atoms with Crippen molar-refractivity contribution in [3.05, 3.63) is 29.8 Å². The summed E-state index contributed by atoms with van der Waals surface area (Å²) in [5.41, 5.74) is -0.193. The summed E-state index contributed by atoms with van der Waals surface area (Å²) >= 11 is 0. The minimum absolute atomic E-state index is 0.0918. The molecule has 2 N–H and O–H groups in total. The Balaban J connectivity index is 1.91. The number of hydrogen-bond acceptors (Lipinski definition) is 2. The number of halogens is 2. The Labute approximate surface area is 131 Å². The van der Waals surface area contributed by atoms with Gasteiger partial charge in [-0.25, -0.2) is 13.6 Å². The summed E-state index contributed by atoms with van der Waals surface area (Å²) in [5.74, 6) is -1.47. The topological polar surface area (TPSA) is 58.2 Å². The maximum atomic E-state index is 13.5. The predicted octanol–water partition coefficient (Wildman–Crippen LogP) is 3.17. The van der Waals surface area contributed by atoms with Crippen LogP contribution in [0.3, 0.4) is 0 Å². The van der Waals surface area contributed by atoms with Gasteiger partial charge < -0.3 is 10.6 Å². The smallest absolute Gasteiger partial charge is 0.319 e. The summed E-state index contributed by atoms with van der Waals surface area (Å²) < 4.78 is 38.4. The van der Waals surface area contributed by atoms with E-state index >= 15 is 0 Å². The summed E-state index contributed by atoms with van der Waals surface area (Å²) in [6, 6.07) is 2.95. The van der Waals surface area contributed by atoms with E-state index < -0.39 is 28.5 Å². The van der Waals surface area contributed by atoms with Crippen LogP contribution in [-0.4, -0.2) is 27.3 Å². The van der Waals surface area contributed by atoms with Gasteiger partial charge in [-0.1, -0.05) is 19.4 Å². The van der Waals surface area contributed by atoms with Crippen molar-refractivity contribution in [3.8, 4) is 0 Å². The molecule has 1 fully saturated rings. The molecule has 7 heteroatoms. The van der Waals surface area contributed by atoms with Crippen molar-refractivity contribution < 1.29 is 17.8 Å². The van der Waals surface area contributed by atoms with Gasteiger partial charge in [0.05, 0.1) is 5.69 Å². The van der Waals surface area contributed by atoms with E-state index in [1.165, 1.54) is 12.1 Å². The zero-order valence-corrected chi connectivity index (χ0v) is 13.2. The van der Waals surface area contributed by atoms with Gasteiger partial charge in [0.25, 0.3) is 0 Å². The van der Waals surface area contributed by atoms with E-state index in [4.69, 9.17) is 0 Å². The first kappa shape index (κ1) is 16.9. The van der Waals surface area contributed by atoms with E-state index in [1.54, 1.807) is 0 Å². The molecule has 122 valence electrons. The molecule has 0 bridgehead atoms. The Morgan fingerprint density at radius 2 is 2.14 bits per heavy atom. The van der Waals surface area contributed by atoms with E-state index in [0.717, 1.165) is 25.3 Å². The lowest BCUT2D eigenvalue weighted by molar-refractivity contribution is 0.244. The molecule has 0 unspecified atom stereocenters. The lowest BCUT2D eigenvalue weighted by Gasteiger charge is -2.29. The molecule has 3 atom stereocenters. The normalized spacial score (nSPS) is 22.9. The molecule has 1 aliphatic rings. The molecule has 0 radical (unpaired) electrons. The fourth-order valence-electron chi connectivity index (χ4n) is 2.69. The van der Waals surface area contributed by atoms with Gasteiger partial charge in [0.1, 0.15) is 0 Å². The van der Waals surface area contributed by atoms with Crippen LogP contribution in [0.15, 0.2) is 18.2 Å². The van der Waals surface area contributed by atoms with Gasteiger partial charge in [0.15, 0.2) is 11.6 Å². The highest BCUT2D eigenvalue weighted by atomic mass is 32.2. The summed E-state index contributed by atoms with van der Waals surface area (Å²) in [4.78, 5) is 11.9. The van der Waals surface area contributed by atoms with Gasteiger partial charge in [0.2, 0.25) is 0 Å². The number of anilines is 1. The summed E-state index contributed by atoms with van der Waals surface area (Å²) in [6.07, 6.45) is 3.25. The van der Waals surface area contributed by atoms with Crippen LogP contribution >= 0.6 is 0 Å². The molecule has 4 nitrogen and oxygen atoms in total. The Morgan fingerprint density at radius 3 is 2.86 bits per heavy atom. The fourth-order valence-corrected chi connectivity index (χ4v) is 4.04. The van der Waals surface area contributed by atoms with Gasteiger partial charge in [-0.05, 0) is 31.4 Å². The van der Waals surface area contributed by atoms with E-state index in [2.05, 4.69) is 10.6 Å². The lowest BCUT2D eigenvalue weighted by Crippen LogP contribution is -2.43. The van der Waals surface area contributed by atoms with Crippen LogP contribution in [0.2, 0.25) is 0 Å². The van der Waals surface area contributed by atoms with Gasteiger partial charge in [-0.15, -0.1) is 0 Å². The predicted molar refractivity (Wildman–Crippen MR) is 83.2 cm³/mol. The molecule has 2 rings (SSSR count). The number of carbonyl (C=O) groups is 1. The molecule has 0 spiro atoms. The van der Waals surface area contributed by atoms with E-state index in [-0.39, 0.29) is 17.0 Å².